The molecule has 0 aromatic carbocycles. The van der Waals surface area contributed by atoms with Gasteiger partial charge in [0.15, 0.2) is 5.76 Å². The number of hydrogen-bond acceptors (Lipinski definition) is 4. The van der Waals surface area contributed by atoms with Gasteiger partial charge in [0.1, 0.15) is 0 Å². The smallest absolute Gasteiger partial charge is 0.150 e. The molecule has 1 aromatic rings. The number of rotatable bonds is 6. The van der Waals surface area contributed by atoms with Crippen molar-refractivity contribution in [2.24, 2.45) is 11.8 Å². The van der Waals surface area contributed by atoms with Crippen LogP contribution in [0.5, 0.6) is 0 Å². The van der Waals surface area contributed by atoms with Crippen molar-refractivity contribution in [3.63, 3.8) is 0 Å². The Balaban J connectivity index is 1.62. The maximum Gasteiger partial charge on any atom is 0.150 e. The summed E-state index contributed by atoms with van der Waals surface area (Å²) in [5, 5.41) is 7.32. The molecule has 0 atom stereocenters. The average Bonchev–Trinajstić information content (AvgIpc) is 2.84. The summed E-state index contributed by atoms with van der Waals surface area (Å²) in [5.41, 5.74) is 0. The highest BCUT2D eigenvalue weighted by Crippen LogP contribution is 2.18. The number of nitrogens with one attached hydrogen (secondary N) is 1. The van der Waals surface area contributed by atoms with Crippen LogP contribution in [0, 0.1) is 11.8 Å². The Hall–Kier alpha value is -0.870. The van der Waals surface area contributed by atoms with E-state index >= 15 is 0 Å². The first-order chi connectivity index (χ1) is 8.74. The molecule has 1 N–H and O–H groups in total. The Morgan fingerprint density at radius 2 is 2.22 bits per heavy atom. The van der Waals surface area contributed by atoms with Crippen LogP contribution in [-0.2, 0) is 6.54 Å². The third-order valence-corrected chi connectivity index (χ3v) is 3.56. The zero-order valence-electron chi connectivity index (χ0n) is 11.6. The zero-order chi connectivity index (χ0) is 12.8. The lowest BCUT2D eigenvalue weighted by molar-refractivity contribution is 0.160. The van der Waals surface area contributed by atoms with Gasteiger partial charge in [0.2, 0.25) is 0 Å². The SMILES string of the molecule is CC(C)CNCC1CCN(Cc2ccno2)CC1. The van der Waals surface area contributed by atoms with Gasteiger partial charge in [0.25, 0.3) is 0 Å². The molecule has 2 heterocycles. The second-order valence-electron chi connectivity index (χ2n) is 5.75. The Morgan fingerprint density at radius 1 is 1.44 bits per heavy atom. The Bertz CT molecular complexity index is 316. The molecule has 0 radical (unpaired) electrons. The van der Waals surface area contributed by atoms with E-state index in [1.807, 2.05) is 6.07 Å². The van der Waals surface area contributed by atoms with E-state index in [-0.39, 0.29) is 0 Å². The molecular weight excluding hydrogens is 226 g/mol. The predicted octanol–water partition coefficient (Wildman–Crippen LogP) is 2.13. The van der Waals surface area contributed by atoms with Gasteiger partial charge in [-0.1, -0.05) is 19.0 Å². The third kappa shape index (κ3) is 4.42. The number of piperidine rings is 1. The molecule has 0 aliphatic carbocycles. The summed E-state index contributed by atoms with van der Waals surface area (Å²) in [6, 6.07) is 1.95. The maximum absolute atomic E-state index is 5.15. The minimum Gasteiger partial charge on any atom is -0.360 e. The first kappa shape index (κ1) is 13.6. The van der Waals surface area contributed by atoms with Crippen LogP contribution in [0.15, 0.2) is 16.8 Å². The summed E-state index contributed by atoms with van der Waals surface area (Å²) >= 11 is 0. The molecule has 1 aliphatic heterocycles. The van der Waals surface area contributed by atoms with Gasteiger partial charge < -0.3 is 9.84 Å². The molecule has 0 spiro atoms. The van der Waals surface area contributed by atoms with Crippen molar-refractivity contribution < 1.29 is 4.52 Å². The van der Waals surface area contributed by atoms with Crippen LogP contribution in [0.3, 0.4) is 0 Å². The van der Waals surface area contributed by atoms with Crippen molar-refractivity contribution in [3.05, 3.63) is 18.0 Å². The zero-order valence-corrected chi connectivity index (χ0v) is 11.6. The lowest BCUT2D eigenvalue weighted by Crippen LogP contribution is -2.37. The molecule has 4 nitrogen and oxygen atoms in total. The quantitative estimate of drug-likeness (QED) is 0.841. The Labute approximate surface area is 110 Å². The first-order valence-electron chi connectivity index (χ1n) is 7.06. The van der Waals surface area contributed by atoms with Gasteiger partial charge >= 0.3 is 0 Å². The third-order valence-electron chi connectivity index (χ3n) is 3.56. The highest BCUT2D eigenvalue weighted by atomic mass is 16.5. The van der Waals surface area contributed by atoms with E-state index in [2.05, 4.69) is 29.2 Å². The molecule has 0 unspecified atom stereocenters. The van der Waals surface area contributed by atoms with Gasteiger partial charge in [-0.25, -0.2) is 0 Å². The lowest BCUT2D eigenvalue weighted by atomic mass is 9.96. The molecule has 1 aromatic heterocycles. The van der Waals surface area contributed by atoms with Crippen LogP contribution in [0.1, 0.15) is 32.4 Å². The van der Waals surface area contributed by atoms with E-state index in [0.717, 1.165) is 30.7 Å². The molecule has 18 heavy (non-hydrogen) atoms. The summed E-state index contributed by atoms with van der Waals surface area (Å²) in [7, 11) is 0. The molecule has 2 rings (SSSR count). The van der Waals surface area contributed by atoms with Gasteiger partial charge in [0.05, 0.1) is 12.7 Å². The standard InChI is InChI=1S/C14H25N3O/c1-12(2)9-15-10-13-4-7-17(8-5-13)11-14-3-6-16-18-14/h3,6,12-13,15H,4-5,7-11H2,1-2H3. The molecular formula is C14H25N3O. The Kier molecular flexibility index (Phi) is 5.20. The minimum absolute atomic E-state index is 0.747. The number of hydrogen-bond donors (Lipinski definition) is 1. The predicted molar refractivity (Wildman–Crippen MR) is 72.2 cm³/mol. The second-order valence-corrected chi connectivity index (χ2v) is 5.75. The van der Waals surface area contributed by atoms with Crippen molar-refractivity contribution in [3.8, 4) is 0 Å². The summed E-state index contributed by atoms with van der Waals surface area (Å²) in [6.07, 6.45) is 4.30. The fraction of sp³-hybridized carbons (Fsp3) is 0.786. The van der Waals surface area contributed by atoms with Gasteiger partial charge in [-0.3, -0.25) is 4.90 Å². The van der Waals surface area contributed by atoms with E-state index < -0.39 is 0 Å². The van der Waals surface area contributed by atoms with Crippen LogP contribution in [0.4, 0.5) is 0 Å². The fourth-order valence-electron chi connectivity index (χ4n) is 2.47. The van der Waals surface area contributed by atoms with Crippen LogP contribution in [-0.4, -0.2) is 36.2 Å². The van der Waals surface area contributed by atoms with E-state index in [9.17, 15) is 0 Å². The molecule has 1 aliphatic rings. The van der Waals surface area contributed by atoms with Crippen molar-refractivity contribution >= 4 is 0 Å². The maximum atomic E-state index is 5.15. The van der Waals surface area contributed by atoms with E-state index in [1.54, 1.807) is 6.20 Å². The van der Waals surface area contributed by atoms with Crippen LogP contribution in [0.2, 0.25) is 0 Å². The minimum atomic E-state index is 0.747. The number of nitrogens with zero attached hydrogens (tertiary/aromatic N) is 2. The van der Waals surface area contributed by atoms with Crippen LogP contribution in [0.25, 0.3) is 0 Å². The fourth-order valence-corrected chi connectivity index (χ4v) is 2.47. The molecule has 0 amide bonds. The van der Waals surface area contributed by atoms with Crippen LogP contribution < -0.4 is 5.32 Å². The normalized spacial score (nSPS) is 18.6. The van der Waals surface area contributed by atoms with Crippen molar-refractivity contribution in [1.29, 1.82) is 0 Å². The monoisotopic (exact) mass is 251 g/mol. The molecule has 102 valence electrons. The lowest BCUT2D eigenvalue weighted by Gasteiger charge is -2.31. The highest BCUT2D eigenvalue weighted by Gasteiger charge is 2.19. The Morgan fingerprint density at radius 3 is 2.83 bits per heavy atom. The van der Waals surface area contributed by atoms with Gasteiger partial charge in [-0.05, 0) is 50.9 Å². The molecule has 0 bridgehead atoms. The van der Waals surface area contributed by atoms with E-state index in [4.69, 9.17) is 4.52 Å². The average molecular weight is 251 g/mol. The van der Waals surface area contributed by atoms with Crippen molar-refractivity contribution in [1.82, 2.24) is 15.4 Å². The van der Waals surface area contributed by atoms with Gasteiger partial charge in [-0.2, -0.15) is 0 Å². The van der Waals surface area contributed by atoms with E-state index in [0.29, 0.717) is 0 Å². The largest absolute Gasteiger partial charge is 0.360 e. The van der Waals surface area contributed by atoms with E-state index in [1.165, 1.54) is 32.5 Å². The summed E-state index contributed by atoms with van der Waals surface area (Å²) in [5.74, 6) is 2.57. The molecule has 1 fully saturated rings. The first-order valence-corrected chi connectivity index (χ1v) is 7.06. The van der Waals surface area contributed by atoms with Crippen molar-refractivity contribution in [2.45, 2.75) is 33.2 Å². The molecule has 0 saturated carbocycles. The van der Waals surface area contributed by atoms with Crippen molar-refractivity contribution in [2.75, 3.05) is 26.2 Å². The summed E-state index contributed by atoms with van der Waals surface area (Å²) in [4.78, 5) is 2.46. The molecule has 1 saturated heterocycles. The number of likely N-dealkylation sites (tertiary alicyclic amines) is 1. The molecule has 4 heteroatoms. The van der Waals surface area contributed by atoms with Crippen LogP contribution >= 0.6 is 0 Å². The second kappa shape index (κ2) is 6.90. The summed E-state index contributed by atoms with van der Waals surface area (Å²) < 4.78 is 5.15. The van der Waals surface area contributed by atoms with Gasteiger partial charge in [0, 0.05) is 6.07 Å². The highest BCUT2D eigenvalue weighted by molar-refractivity contribution is 4.93. The summed E-state index contributed by atoms with van der Waals surface area (Å²) in [6.45, 7) is 10.1. The topological polar surface area (TPSA) is 41.3 Å². The van der Waals surface area contributed by atoms with Gasteiger partial charge in [-0.15, -0.1) is 0 Å². The number of aromatic nitrogens is 1.